The zero-order valence-corrected chi connectivity index (χ0v) is 12.4. The lowest BCUT2D eigenvalue weighted by Gasteiger charge is -2.09. The first-order chi connectivity index (χ1) is 9.58. The van der Waals surface area contributed by atoms with E-state index in [1.807, 2.05) is 18.2 Å². The van der Waals surface area contributed by atoms with Gasteiger partial charge in [-0.3, -0.25) is 0 Å². The highest BCUT2D eigenvalue weighted by molar-refractivity contribution is 6.48. The summed E-state index contributed by atoms with van der Waals surface area (Å²) in [7, 11) is 0. The summed E-state index contributed by atoms with van der Waals surface area (Å²) in [5, 5.41) is 2.30. The molecule has 0 spiro atoms. The molecular formula is C16H8Cl3F. The van der Waals surface area contributed by atoms with E-state index < -0.39 is 0 Å². The standard InChI is InChI=1S/C16H8Cl3F/c17-13-7-10(8-14(18)15(13)19)12-6-5-9-3-1-2-4-11(9)16(12)20/h1-8H. The predicted octanol–water partition coefficient (Wildman–Crippen LogP) is 6.61. The fourth-order valence-corrected chi connectivity index (χ4v) is 2.76. The van der Waals surface area contributed by atoms with Gasteiger partial charge in [0, 0.05) is 10.9 Å². The average Bonchev–Trinajstić information content (AvgIpc) is 2.45. The first kappa shape index (κ1) is 13.7. The summed E-state index contributed by atoms with van der Waals surface area (Å²) in [5.41, 5.74) is 1.05. The topological polar surface area (TPSA) is 0 Å². The fraction of sp³-hybridized carbons (Fsp3) is 0. The molecular weight excluding hydrogens is 318 g/mol. The first-order valence-electron chi connectivity index (χ1n) is 5.90. The highest BCUT2D eigenvalue weighted by atomic mass is 35.5. The van der Waals surface area contributed by atoms with Crippen LogP contribution in [0.5, 0.6) is 0 Å². The molecule has 0 fully saturated rings. The number of halogens is 4. The van der Waals surface area contributed by atoms with Crippen molar-refractivity contribution in [2.24, 2.45) is 0 Å². The second kappa shape index (κ2) is 5.25. The van der Waals surface area contributed by atoms with Crippen LogP contribution >= 0.6 is 34.8 Å². The Hall–Kier alpha value is -1.28. The van der Waals surface area contributed by atoms with Gasteiger partial charge in [0.25, 0.3) is 0 Å². The van der Waals surface area contributed by atoms with E-state index in [0.717, 1.165) is 5.39 Å². The molecule has 0 N–H and O–H groups in total. The molecule has 0 atom stereocenters. The van der Waals surface area contributed by atoms with Crippen LogP contribution in [-0.4, -0.2) is 0 Å². The van der Waals surface area contributed by atoms with Crippen molar-refractivity contribution in [3.8, 4) is 11.1 Å². The van der Waals surface area contributed by atoms with Gasteiger partial charge in [-0.15, -0.1) is 0 Å². The monoisotopic (exact) mass is 324 g/mol. The van der Waals surface area contributed by atoms with E-state index >= 15 is 0 Å². The largest absolute Gasteiger partial charge is 0.206 e. The second-order valence-electron chi connectivity index (χ2n) is 4.40. The smallest absolute Gasteiger partial charge is 0.138 e. The Labute approximate surface area is 130 Å². The molecule has 0 amide bonds. The summed E-state index contributed by atoms with van der Waals surface area (Å²) in [6.07, 6.45) is 0. The molecule has 20 heavy (non-hydrogen) atoms. The van der Waals surface area contributed by atoms with Crippen molar-refractivity contribution in [2.75, 3.05) is 0 Å². The summed E-state index contributed by atoms with van der Waals surface area (Å²) >= 11 is 17.9. The third kappa shape index (κ3) is 2.26. The van der Waals surface area contributed by atoms with Gasteiger partial charge in [0.15, 0.2) is 0 Å². The van der Waals surface area contributed by atoms with Crippen LogP contribution in [-0.2, 0) is 0 Å². The lowest BCUT2D eigenvalue weighted by molar-refractivity contribution is 0.643. The maximum Gasteiger partial charge on any atom is 0.138 e. The number of hydrogen-bond acceptors (Lipinski definition) is 0. The van der Waals surface area contributed by atoms with E-state index in [4.69, 9.17) is 34.8 Å². The van der Waals surface area contributed by atoms with Gasteiger partial charge >= 0.3 is 0 Å². The van der Waals surface area contributed by atoms with Crippen molar-refractivity contribution in [3.05, 3.63) is 69.4 Å². The highest BCUT2D eigenvalue weighted by Crippen LogP contribution is 2.37. The van der Waals surface area contributed by atoms with Crippen LogP contribution in [0.1, 0.15) is 0 Å². The van der Waals surface area contributed by atoms with Crippen LogP contribution in [0.25, 0.3) is 21.9 Å². The highest BCUT2D eigenvalue weighted by Gasteiger charge is 2.12. The van der Waals surface area contributed by atoms with E-state index in [0.29, 0.717) is 26.6 Å². The van der Waals surface area contributed by atoms with Gasteiger partial charge in [-0.05, 0) is 23.1 Å². The Bertz CT molecular complexity index is 789. The van der Waals surface area contributed by atoms with Crippen molar-refractivity contribution in [3.63, 3.8) is 0 Å². The Kier molecular flexibility index (Phi) is 3.59. The number of benzene rings is 3. The lowest BCUT2D eigenvalue weighted by atomic mass is 10.0. The first-order valence-corrected chi connectivity index (χ1v) is 7.03. The molecule has 0 saturated heterocycles. The van der Waals surface area contributed by atoms with Crippen LogP contribution in [0.15, 0.2) is 48.5 Å². The molecule has 0 aliphatic carbocycles. The molecule has 4 heteroatoms. The van der Waals surface area contributed by atoms with Crippen LogP contribution in [0.2, 0.25) is 15.1 Å². The van der Waals surface area contributed by atoms with E-state index in [1.54, 1.807) is 30.3 Å². The summed E-state index contributed by atoms with van der Waals surface area (Å²) in [5.74, 6) is -0.294. The molecule has 100 valence electrons. The summed E-state index contributed by atoms with van der Waals surface area (Å²) in [4.78, 5) is 0. The Balaban J connectivity index is 2.27. The number of rotatable bonds is 1. The average molecular weight is 326 g/mol. The van der Waals surface area contributed by atoms with Gasteiger partial charge < -0.3 is 0 Å². The summed E-state index contributed by atoms with van der Waals surface area (Å²) < 4.78 is 14.6. The minimum atomic E-state index is -0.294. The van der Waals surface area contributed by atoms with E-state index in [9.17, 15) is 4.39 Å². The van der Waals surface area contributed by atoms with Gasteiger partial charge in [-0.2, -0.15) is 0 Å². The van der Waals surface area contributed by atoms with Crippen LogP contribution < -0.4 is 0 Å². The maximum absolute atomic E-state index is 14.6. The van der Waals surface area contributed by atoms with Crippen molar-refractivity contribution < 1.29 is 4.39 Å². The summed E-state index contributed by atoms with van der Waals surface area (Å²) in [6, 6.07) is 14.1. The molecule has 0 heterocycles. The molecule has 3 aromatic rings. The van der Waals surface area contributed by atoms with Gasteiger partial charge in [0.1, 0.15) is 5.82 Å². The zero-order valence-electron chi connectivity index (χ0n) is 10.1. The van der Waals surface area contributed by atoms with Crippen molar-refractivity contribution in [2.45, 2.75) is 0 Å². The number of hydrogen-bond donors (Lipinski definition) is 0. The zero-order chi connectivity index (χ0) is 14.3. The summed E-state index contributed by atoms with van der Waals surface area (Å²) in [6.45, 7) is 0. The maximum atomic E-state index is 14.6. The van der Waals surface area contributed by atoms with Crippen molar-refractivity contribution >= 4 is 45.6 Å². The molecule has 0 unspecified atom stereocenters. The quantitative estimate of drug-likeness (QED) is 0.442. The predicted molar refractivity (Wildman–Crippen MR) is 84.4 cm³/mol. The van der Waals surface area contributed by atoms with Crippen molar-refractivity contribution in [1.29, 1.82) is 0 Å². The Morgan fingerprint density at radius 2 is 1.45 bits per heavy atom. The van der Waals surface area contributed by atoms with E-state index in [-0.39, 0.29) is 10.8 Å². The fourth-order valence-electron chi connectivity index (χ4n) is 2.17. The molecule has 0 saturated carbocycles. The second-order valence-corrected chi connectivity index (χ2v) is 5.59. The van der Waals surface area contributed by atoms with Crippen LogP contribution in [0, 0.1) is 5.82 Å². The van der Waals surface area contributed by atoms with Gasteiger partial charge in [0.05, 0.1) is 15.1 Å². The van der Waals surface area contributed by atoms with Crippen molar-refractivity contribution in [1.82, 2.24) is 0 Å². The minimum Gasteiger partial charge on any atom is -0.206 e. The molecule has 0 nitrogen and oxygen atoms in total. The minimum absolute atomic E-state index is 0.276. The molecule has 3 aromatic carbocycles. The van der Waals surface area contributed by atoms with Gasteiger partial charge in [-0.25, -0.2) is 4.39 Å². The molecule has 0 aliphatic heterocycles. The number of fused-ring (bicyclic) bond motifs is 1. The Morgan fingerprint density at radius 1 is 0.800 bits per heavy atom. The Morgan fingerprint density at radius 3 is 2.15 bits per heavy atom. The van der Waals surface area contributed by atoms with Crippen LogP contribution in [0.4, 0.5) is 4.39 Å². The van der Waals surface area contributed by atoms with Crippen LogP contribution in [0.3, 0.4) is 0 Å². The third-order valence-electron chi connectivity index (χ3n) is 3.16. The normalized spacial score (nSPS) is 11.0. The molecule has 0 bridgehead atoms. The SMILES string of the molecule is Fc1c(-c2cc(Cl)c(Cl)c(Cl)c2)ccc2ccccc12. The van der Waals surface area contributed by atoms with E-state index in [2.05, 4.69) is 0 Å². The molecule has 0 aliphatic rings. The lowest BCUT2D eigenvalue weighted by Crippen LogP contribution is -1.87. The third-order valence-corrected chi connectivity index (χ3v) is 4.35. The van der Waals surface area contributed by atoms with Gasteiger partial charge in [0.2, 0.25) is 0 Å². The molecule has 0 radical (unpaired) electrons. The van der Waals surface area contributed by atoms with E-state index in [1.165, 1.54) is 0 Å². The molecule has 0 aromatic heterocycles. The molecule has 3 rings (SSSR count). The van der Waals surface area contributed by atoms with Gasteiger partial charge in [-0.1, -0.05) is 71.2 Å².